The Kier molecular flexibility index (Phi) is 5.36. The van der Waals surface area contributed by atoms with Crippen LogP contribution in [0.15, 0.2) is 34.8 Å². The molecular weight excluding hydrogens is 360 g/mol. The first-order valence-electron chi connectivity index (χ1n) is 6.58. The summed E-state index contributed by atoms with van der Waals surface area (Å²) in [6.07, 6.45) is 0. The van der Waals surface area contributed by atoms with E-state index in [9.17, 15) is 8.78 Å². The molecule has 1 unspecified atom stereocenters. The lowest BCUT2D eigenvalue weighted by molar-refractivity contribution is 0.507. The molecule has 1 N–H and O–H groups in total. The van der Waals surface area contributed by atoms with Crippen molar-refractivity contribution < 1.29 is 8.78 Å². The highest BCUT2D eigenvalue weighted by molar-refractivity contribution is 9.10. The molecule has 0 radical (unpaired) electrons. The van der Waals surface area contributed by atoms with Gasteiger partial charge in [-0.25, -0.2) is 8.78 Å². The minimum Gasteiger partial charge on any atom is -0.306 e. The van der Waals surface area contributed by atoms with Gasteiger partial charge in [-0.1, -0.05) is 30.7 Å². The van der Waals surface area contributed by atoms with Crippen molar-refractivity contribution in [1.29, 1.82) is 0 Å². The average Bonchev–Trinajstić information content (AvgIpc) is 2.43. The van der Waals surface area contributed by atoms with Crippen LogP contribution in [0.2, 0.25) is 5.02 Å². The fourth-order valence-electron chi connectivity index (χ4n) is 2.25. The number of benzene rings is 2. The number of halogens is 4. The van der Waals surface area contributed by atoms with Crippen LogP contribution in [0.3, 0.4) is 0 Å². The highest BCUT2D eigenvalue weighted by Crippen LogP contribution is 2.34. The molecule has 0 saturated carbocycles. The van der Waals surface area contributed by atoms with Crippen molar-refractivity contribution in [3.63, 3.8) is 0 Å². The molecule has 21 heavy (non-hydrogen) atoms. The smallest absolute Gasteiger partial charge is 0.145 e. The number of hydrogen-bond donors (Lipinski definition) is 1. The summed E-state index contributed by atoms with van der Waals surface area (Å²) in [5.74, 6) is -1.21. The van der Waals surface area contributed by atoms with Gasteiger partial charge in [0.25, 0.3) is 0 Å². The summed E-state index contributed by atoms with van der Waals surface area (Å²) in [5, 5.41) is 3.58. The van der Waals surface area contributed by atoms with E-state index in [0.29, 0.717) is 17.1 Å². The largest absolute Gasteiger partial charge is 0.306 e. The molecule has 112 valence electrons. The van der Waals surface area contributed by atoms with E-state index in [-0.39, 0.29) is 10.0 Å². The van der Waals surface area contributed by atoms with E-state index in [1.54, 1.807) is 12.1 Å². The second-order valence-electron chi connectivity index (χ2n) is 4.77. The van der Waals surface area contributed by atoms with Crippen molar-refractivity contribution in [3.8, 4) is 0 Å². The second-order valence-corrected chi connectivity index (χ2v) is 6.03. The standard InChI is InChI=1S/C16H15BrClF2N/c1-3-21-16(10-5-4-9(2)8-12(10)18)14-13(19)7-6-11(17)15(14)20/h4-8,16,21H,3H2,1-2H3. The van der Waals surface area contributed by atoms with Crippen molar-refractivity contribution in [1.82, 2.24) is 5.32 Å². The molecule has 0 aromatic heterocycles. The van der Waals surface area contributed by atoms with Crippen LogP contribution in [0.4, 0.5) is 8.78 Å². The fraction of sp³-hybridized carbons (Fsp3) is 0.250. The predicted octanol–water partition coefficient (Wildman–Crippen LogP) is 5.39. The quantitative estimate of drug-likeness (QED) is 0.708. The van der Waals surface area contributed by atoms with Crippen molar-refractivity contribution in [3.05, 3.63) is 68.2 Å². The fourth-order valence-corrected chi connectivity index (χ4v) is 2.94. The SMILES string of the molecule is CCNC(c1ccc(C)cc1Cl)c1c(F)ccc(Br)c1F. The summed E-state index contributed by atoms with van der Waals surface area (Å²) >= 11 is 9.36. The molecule has 0 amide bonds. The van der Waals surface area contributed by atoms with Crippen molar-refractivity contribution in [2.75, 3.05) is 6.54 Å². The molecule has 0 aliphatic carbocycles. The summed E-state index contributed by atoms with van der Waals surface area (Å²) in [7, 11) is 0. The van der Waals surface area contributed by atoms with E-state index in [1.165, 1.54) is 12.1 Å². The third-order valence-electron chi connectivity index (χ3n) is 3.24. The van der Waals surface area contributed by atoms with E-state index in [2.05, 4.69) is 21.2 Å². The van der Waals surface area contributed by atoms with Gasteiger partial charge >= 0.3 is 0 Å². The zero-order valence-corrected chi connectivity index (χ0v) is 14.0. The van der Waals surface area contributed by atoms with Crippen LogP contribution in [0.1, 0.15) is 29.7 Å². The maximum atomic E-state index is 14.4. The van der Waals surface area contributed by atoms with Crippen molar-refractivity contribution >= 4 is 27.5 Å². The molecule has 1 nitrogen and oxygen atoms in total. The molecule has 2 aromatic rings. The lowest BCUT2D eigenvalue weighted by atomic mass is 9.96. The Labute approximate surface area is 136 Å². The van der Waals surface area contributed by atoms with Crippen LogP contribution in [0, 0.1) is 18.6 Å². The minimum absolute atomic E-state index is 0.0306. The van der Waals surface area contributed by atoms with Gasteiger partial charge in [-0.05, 0) is 58.7 Å². The molecule has 0 heterocycles. The van der Waals surface area contributed by atoms with E-state index in [0.717, 1.165) is 5.56 Å². The Morgan fingerprint density at radius 1 is 1.24 bits per heavy atom. The molecule has 0 fully saturated rings. The zero-order valence-electron chi connectivity index (χ0n) is 11.7. The van der Waals surface area contributed by atoms with Crippen LogP contribution < -0.4 is 5.32 Å². The number of hydrogen-bond acceptors (Lipinski definition) is 1. The Morgan fingerprint density at radius 2 is 1.95 bits per heavy atom. The van der Waals surface area contributed by atoms with Gasteiger partial charge in [-0.2, -0.15) is 0 Å². The first-order chi connectivity index (χ1) is 9.95. The van der Waals surface area contributed by atoms with E-state index >= 15 is 0 Å². The lowest BCUT2D eigenvalue weighted by Gasteiger charge is -2.22. The second kappa shape index (κ2) is 6.86. The maximum Gasteiger partial charge on any atom is 0.145 e. The molecule has 2 rings (SSSR count). The summed E-state index contributed by atoms with van der Waals surface area (Å²) in [6.45, 7) is 4.35. The van der Waals surface area contributed by atoms with Gasteiger partial charge in [-0.3, -0.25) is 0 Å². The van der Waals surface area contributed by atoms with E-state index < -0.39 is 17.7 Å². The summed E-state index contributed by atoms with van der Waals surface area (Å²) in [5.41, 5.74) is 1.62. The van der Waals surface area contributed by atoms with E-state index in [4.69, 9.17) is 11.6 Å². The third-order valence-corrected chi connectivity index (χ3v) is 4.18. The molecule has 1 atom stereocenters. The highest BCUT2D eigenvalue weighted by Gasteiger charge is 2.24. The highest BCUT2D eigenvalue weighted by atomic mass is 79.9. The Morgan fingerprint density at radius 3 is 2.57 bits per heavy atom. The molecular formula is C16H15BrClF2N. The maximum absolute atomic E-state index is 14.4. The van der Waals surface area contributed by atoms with Gasteiger partial charge < -0.3 is 5.32 Å². The van der Waals surface area contributed by atoms with Gasteiger partial charge in [0.15, 0.2) is 0 Å². The topological polar surface area (TPSA) is 12.0 Å². The van der Waals surface area contributed by atoms with Gasteiger partial charge in [0.05, 0.1) is 10.5 Å². The molecule has 5 heteroatoms. The Balaban J connectivity index is 2.61. The third kappa shape index (κ3) is 3.44. The van der Waals surface area contributed by atoms with Gasteiger partial charge in [0, 0.05) is 10.6 Å². The number of rotatable bonds is 4. The van der Waals surface area contributed by atoms with Crippen LogP contribution in [0.5, 0.6) is 0 Å². The number of aryl methyl sites for hydroxylation is 1. The normalized spacial score (nSPS) is 12.5. The zero-order chi connectivity index (χ0) is 15.6. The first-order valence-corrected chi connectivity index (χ1v) is 7.75. The molecule has 0 bridgehead atoms. The average molecular weight is 375 g/mol. The molecule has 2 aromatic carbocycles. The van der Waals surface area contributed by atoms with Crippen LogP contribution in [-0.2, 0) is 0 Å². The van der Waals surface area contributed by atoms with Crippen LogP contribution >= 0.6 is 27.5 Å². The summed E-state index contributed by atoms with van der Waals surface area (Å²) in [6, 6.07) is 7.42. The molecule has 0 saturated heterocycles. The summed E-state index contributed by atoms with van der Waals surface area (Å²) in [4.78, 5) is 0. The molecule has 0 aliphatic rings. The van der Waals surface area contributed by atoms with Gasteiger partial charge in [-0.15, -0.1) is 0 Å². The first kappa shape index (κ1) is 16.4. The Hall–Kier alpha value is -0.970. The van der Waals surface area contributed by atoms with Crippen LogP contribution in [-0.4, -0.2) is 6.54 Å². The minimum atomic E-state index is -0.638. The van der Waals surface area contributed by atoms with Crippen molar-refractivity contribution in [2.24, 2.45) is 0 Å². The van der Waals surface area contributed by atoms with Gasteiger partial charge in [0.1, 0.15) is 11.6 Å². The van der Waals surface area contributed by atoms with Crippen molar-refractivity contribution in [2.45, 2.75) is 19.9 Å². The van der Waals surface area contributed by atoms with E-state index in [1.807, 2.05) is 19.9 Å². The van der Waals surface area contributed by atoms with Crippen LogP contribution in [0.25, 0.3) is 0 Å². The lowest BCUT2D eigenvalue weighted by Crippen LogP contribution is -2.24. The number of nitrogens with one attached hydrogen (secondary N) is 1. The molecule has 0 aliphatic heterocycles. The van der Waals surface area contributed by atoms with Gasteiger partial charge in [0.2, 0.25) is 0 Å². The molecule has 0 spiro atoms. The Bertz CT molecular complexity index is 661. The predicted molar refractivity (Wildman–Crippen MR) is 85.8 cm³/mol. The summed E-state index contributed by atoms with van der Waals surface area (Å²) < 4.78 is 28.7. The monoisotopic (exact) mass is 373 g/mol.